The van der Waals surface area contributed by atoms with E-state index in [1.54, 1.807) is 0 Å². The van der Waals surface area contributed by atoms with Crippen molar-refractivity contribution in [3.05, 3.63) is 0 Å². The largest absolute Gasteiger partial charge is 0.323 e. The van der Waals surface area contributed by atoms with E-state index in [9.17, 15) is 0 Å². The summed E-state index contributed by atoms with van der Waals surface area (Å²) in [5.41, 5.74) is 1.74. The van der Waals surface area contributed by atoms with E-state index in [1.807, 2.05) is 4.90 Å². The zero-order chi connectivity index (χ0) is 25.0. The third-order valence-electron chi connectivity index (χ3n) is 6.26. The third kappa shape index (κ3) is 11.8. The van der Waals surface area contributed by atoms with Crippen LogP contribution in [0.2, 0.25) is 0 Å². The molecule has 0 fully saturated rings. The molecule has 0 rings (SSSR count). The number of hydrogen-bond acceptors (Lipinski definition) is 0. The van der Waals surface area contributed by atoms with Crippen LogP contribution >= 0.6 is 11.6 Å². The molecule has 3 unspecified atom stereocenters. The zero-order valence-electron chi connectivity index (χ0n) is 24.3. The van der Waals surface area contributed by atoms with Gasteiger partial charge in [0.25, 0.3) is 0 Å². The molecular weight excluding hydrogens is 386 g/mol. The Labute approximate surface area is 198 Å². The summed E-state index contributed by atoms with van der Waals surface area (Å²) in [5, 5.41) is 0. The molecule has 0 bridgehead atoms. The number of hydrogen-bond donors (Lipinski definition) is 1. The van der Waals surface area contributed by atoms with Crippen LogP contribution < -0.4 is 4.90 Å². The van der Waals surface area contributed by atoms with E-state index < -0.39 is 0 Å². The molecule has 0 saturated carbocycles. The van der Waals surface area contributed by atoms with E-state index in [-0.39, 0.29) is 16.5 Å². The van der Waals surface area contributed by atoms with Gasteiger partial charge < -0.3 is 4.90 Å². The molecule has 0 aliphatic heterocycles. The number of halogens is 1. The van der Waals surface area contributed by atoms with Crippen molar-refractivity contribution in [2.75, 3.05) is 6.38 Å². The molecule has 0 spiro atoms. The van der Waals surface area contributed by atoms with Gasteiger partial charge >= 0.3 is 0 Å². The Morgan fingerprint density at radius 3 is 1.20 bits per heavy atom. The lowest BCUT2D eigenvalue weighted by molar-refractivity contribution is -1.03. The normalized spacial score (nSPS) is 18.2. The molecule has 0 aliphatic rings. The Hall–Kier alpha value is 0.250. The average Bonchev–Trinajstić information content (AvgIpc) is 2.41. The Morgan fingerprint density at radius 2 is 0.967 bits per heavy atom. The molecule has 0 heterocycles. The van der Waals surface area contributed by atoms with E-state index in [0.717, 1.165) is 0 Å². The molecule has 30 heavy (non-hydrogen) atoms. The molecule has 1 nitrogen and oxygen atoms in total. The monoisotopic (exact) mass is 446 g/mol. The molecule has 0 saturated heterocycles. The third-order valence-corrected chi connectivity index (χ3v) is 6.26. The fraction of sp³-hybridized carbons (Fsp3) is 1.00. The topological polar surface area (TPSA) is 4.44 Å². The minimum Gasteiger partial charge on any atom is -0.323 e. The van der Waals surface area contributed by atoms with E-state index in [2.05, 4.69) is 122 Å². The smallest absolute Gasteiger partial charge is 0.0957 e. The van der Waals surface area contributed by atoms with Crippen LogP contribution in [0.5, 0.6) is 0 Å². The van der Waals surface area contributed by atoms with Crippen LogP contribution in [-0.2, 0) is 0 Å². The van der Waals surface area contributed by atoms with E-state index in [1.165, 1.54) is 32.1 Å². The second kappa shape index (κ2) is 10.9. The highest BCUT2D eigenvalue weighted by Gasteiger charge is 2.53. The van der Waals surface area contributed by atoms with Gasteiger partial charge in [-0.3, -0.25) is 0 Å². The van der Waals surface area contributed by atoms with Crippen molar-refractivity contribution in [1.29, 1.82) is 0 Å². The quantitative estimate of drug-likeness (QED) is 0.374. The van der Waals surface area contributed by atoms with Gasteiger partial charge in [0.2, 0.25) is 0 Å². The standard InChI is InChI=1S/C27H57N.CH3Cl/c1-17-27(16,20-24(8,9)10)28(26(14,15)19-23(5,6)7)21(25(11,12)13)18-22(2,3)4;1-2/h21H,17-20H2,1-16H3;1H3/p+1. The maximum Gasteiger partial charge on any atom is 0.0957 e. The van der Waals surface area contributed by atoms with Gasteiger partial charge in [0.1, 0.15) is 0 Å². The number of alkyl halides is 1. The Kier molecular flexibility index (Phi) is 11.8. The van der Waals surface area contributed by atoms with Crippen molar-refractivity contribution in [3.63, 3.8) is 0 Å². The van der Waals surface area contributed by atoms with Crippen LogP contribution in [0.3, 0.4) is 0 Å². The first-order valence-corrected chi connectivity index (χ1v) is 12.9. The molecule has 0 aromatic heterocycles. The van der Waals surface area contributed by atoms with Gasteiger partial charge in [0, 0.05) is 31.1 Å². The zero-order valence-corrected chi connectivity index (χ0v) is 25.0. The molecule has 184 valence electrons. The lowest BCUT2D eigenvalue weighted by atomic mass is 9.68. The summed E-state index contributed by atoms with van der Waals surface area (Å²) in [6, 6.07) is 0.622. The summed E-state index contributed by atoms with van der Waals surface area (Å²) in [6.45, 7) is 39.3. The van der Waals surface area contributed by atoms with Crippen molar-refractivity contribution < 1.29 is 4.90 Å². The first-order chi connectivity index (χ1) is 12.9. The lowest BCUT2D eigenvalue weighted by Crippen LogP contribution is -3.30. The van der Waals surface area contributed by atoms with Gasteiger partial charge in [-0.25, -0.2) is 0 Å². The maximum absolute atomic E-state index is 4.64. The summed E-state index contributed by atoms with van der Waals surface area (Å²) in [7, 11) is 0. The number of quaternary nitrogens is 1. The van der Waals surface area contributed by atoms with Crippen molar-refractivity contribution >= 4 is 11.6 Å². The van der Waals surface area contributed by atoms with Crippen LogP contribution in [0, 0.1) is 21.7 Å². The minimum atomic E-state index is 0.220. The predicted molar refractivity (Wildman–Crippen MR) is 141 cm³/mol. The van der Waals surface area contributed by atoms with Crippen molar-refractivity contribution in [2.45, 2.75) is 154 Å². The van der Waals surface area contributed by atoms with Crippen molar-refractivity contribution in [2.24, 2.45) is 21.7 Å². The molecule has 0 radical (unpaired) electrons. The van der Waals surface area contributed by atoms with Crippen LogP contribution in [0.15, 0.2) is 0 Å². The molecule has 0 aromatic carbocycles. The van der Waals surface area contributed by atoms with E-state index >= 15 is 0 Å². The summed E-state index contributed by atoms with van der Waals surface area (Å²) in [4.78, 5) is 1.84. The fourth-order valence-corrected chi connectivity index (χ4v) is 6.17. The SMILES string of the molecule is CCC(C)(CC(C)(C)C)[NH+](C(CC(C)(C)C)C(C)(C)C)C(C)(C)CC(C)(C)C.CCl. The van der Waals surface area contributed by atoms with Crippen LogP contribution in [0.25, 0.3) is 0 Å². The molecule has 0 aromatic rings. The van der Waals surface area contributed by atoms with E-state index in [4.69, 9.17) is 0 Å². The molecular formula is C28H61ClN+. The van der Waals surface area contributed by atoms with E-state index in [0.29, 0.717) is 22.3 Å². The summed E-state index contributed by atoms with van der Waals surface area (Å²) < 4.78 is 0. The summed E-state index contributed by atoms with van der Waals surface area (Å²) in [5.74, 6) is 0. The van der Waals surface area contributed by atoms with Gasteiger partial charge in [-0.2, -0.15) is 0 Å². The van der Waals surface area contributed by atoms with Crippen LogP contribution in [0.1, 0.15) is 136 Å². The highest BCUT2D eigenvalue weighted by molar-refractivity contribution is 6.15. The molecule has 2 heteroatoms. The second-order valence-corrected chi connectivity index (χ2v) is 15.4. The Morgan fingerprint density at radius 1 is 0.600 bits per heavy atom. The van der Waals surface area contributed by atoms with Gasteiger partial charge in [-0.15, -0.1) is 11.6 Å². The van der Waals surface area contributed by atoms with Gasteiger partial charge in [-0.1, -0.05) is 90.0 Å². The van der Waals surface area contributed by atoms with Crippen LogP contribution in [0.4, 0.5) is 0 Å². The van der Waals surface area contributed by atoms with Gasteiger partial charge in [0.15, 0.2) is 0 Å². The van der Waals surface area contributed by atoms with Crippen LogP contribution in [-0.4, -0.2) is 23.5 Å². The maximum atomic E-state index is 4.64. The molecule has 0 aliphatic carbocycles. The highest BCUT2D eigenvalue weighted by atomic mass is 35.5. The second-order valence-electron chi connectivity index (χ2n) is 15.4. The number of nitrogens with one attached hydrogen (secondary N) is 1. The summed E-state index contributed by atoms with van der Waals surface area (Å²) >= 11 is 4.64. The van der Waals surface area contributed by atoms with Gasteiger partial charge in [-0.05, 0) is 43.4 Å². The minimum absolute atomic E-state index is 0.220. The first kappa shape index (κ1) is 32.4. The van der Waals surface area contributed by atoms with Gasteiger partial charge in [0.05, 0.1) is 17.1 Å². The summed E-state index contributed by atoms with van der Waals surface area (Å²) in [6.07, 6.45) is 6.46. The molecule has 0 amide bonds. The Bertz CT molecular complexity index is 479. The lowest BCUT2D eigenvalue weighted by Gasteiger charge is -2.57. The van der Waals surface area contributed by atoms with Crippen molar-refractivity contribution in [1.82, 2.24) is 0 Å². The fourth-order valence-electron chi connectivity index (χ4n) is 6.17. The molecule has 3 atom stereocenters. The highest BCUT2D eigenvalue weighted by Crippen LogP contribution is 2.36. The first-order valence-electron chi connectivity index (χ1n) is 12.2. The predicted octanol–water partition coefficient (Wildman–Crippen LogP) is 8.40. The molecule has 1 N–H and O–H groups in total. The Balaban J connectivity index is 0. The number of rotatable bonds is 7. The van der Waals surface area contributed by atoms with Crippen molar-refractivity contribution in [3.8, 4) is 0 Å². The average molecular weight is 447 g/mol.